The van der Waals surface area contributed by atoms with Crippen LogP contribution in [0.4, 0.5) is 13.2 Å². The Morgan fingerprint density at radius 3 is 2.41 bits per heavy atom. The average Bonchev–Trinajstić information content (AvgIpc) is 2.94. The number of tetrazole rings is 1. The predicted octanol–water partition coefficient (Wildman–Crippen LogP) is 2.24. The van der Waals surface area contributed by atoms with Gasteiger partial charge in [-0.1, -0.05) is 36.4 Å². The number of aromatic nitrogens is 4. The van der Waals surface area contributed by atoms with Gasteiger partial charge in [-0.3, -0.25) is 0 Å². The number of benzene rings is 1. The number of hydrogen-bond acceptors (Lipinski definition) is 3. The van der Waals surface area contributed by atoms with Crippen LogP contribution in [0.25, 0.3) is 0 Å². The number of halogens is 3. The summed E-state index contributed by atoms with van der Waals surface area (Å²) in [4.78, 5) is 11.9. The van der Waals surface area contributed by atoms with E-state index in [1.54, 1.807) is 18.2 Å². The third kappa shape index (κ3) is 2.26. The molecule has 0 fully saturated rings. The zero-order valence-electron chi connectivity index (χ0n) is 11.2. The monoisotopic (exact) mass is 308 g/mol. The zero-order valence-corrected chi connectivity index (χ0v) is 11.2. The standard InChI is InChI=1S/C14H11F3N4O/c15-14(16,17)11-6-4-10(5-7-11)13(8-2-1-3-9-13)21-12(22)18-19-20-21/h1-8H,9H2,(H,18,20,22). The molecule has 1 aliphatic rings. The van der Waals surface area contributed by atoms with Gasteiger partial charge in [0.05, 0.1) is 5.56 Å². The van der Waals surface area contributed by atoms with Crippen LogP contribution in [0.2, 0.25) is 0 Å². The molecule has 1 atom stereocenters. The average molecular weight is 308 g/mol. The van der Waals surface area contributed by atoms with Gasteiger partial charge in [-0.15, -0.1) is 0 Å². The molecule has 22 heavy (non-hydrogen) atoms. The van der Waals surface area contributed by atoms with Crippen molar-refractivity contribution >= 4 is 0 Å². The highest BCUT2D eigenvalue weighted by atomic mass is 19.4. The summed E-state index contributed by atoms with van der Waals surface area (Å²) in [6.45, 7) is 0. The maximum absolute atomic E-state index is 12.7. The molecule has 1 N–H and O–H groups in total. The Bertz CT molecular complexity index is 785. The summed E-state index contributed by atoms with van der Waals surface area (Å²) in [5.74, 6) is 0. The van der Waals surface area contributed by atoms with Gasteiger partial charge in [0.25, 0.3) is 0 Å². The van der Waals surface area contributed by atoms with Crippen molar-refractivity contribution in [2.24, 2.45) is 0 Å². The molecule has 1 heterocycles. The van der Waals surface area contributed by atoms with Crippen LogP contribution < -0.4 is 5.69 Å². The Kier molecular flexibility index (Phi) is 3.23. The molecule has 0 spiro atoms. The summed E-state index contributed by atoms with van der Waals surface area (Å²) in [6.07, 6.45) is 3.05. The molecule has 8 heteroatoms. The third-order valence-corrected chi connectivity index (χ3v) is 3.61. The summed E-state index contributed by atoms with van der Waals surface area (Å²) in [5.41, 5.74) is -1.73. The van der Waals surface area contributed by atoms with E-state index in [0.717, 1.165) is 16.8 Å². The van der Waals surface area contributed by atoms with Crippen LogP contribution in [-0.4, -0.2) is 20.2 Å². The molecular weight excluding hydrogens is 297 g/mol. The minimum absolute atomic E-state index is 0.390. The van der Waals surface area contributed by atoms with Crippen molar-refractivity contribution in [3.63, 3.8) is 0 Å². The summed E-state index contributed by atoms with van der Waals surface area (Å²) >= 11 is 0. The van der Waals surface area contributed by atoms with E-state index in [9.17, 15) is 18.0 Å². The molecule has 3 rings (SSSR count). The van der Waals surface area contributed by atoms with Crippen molar-refractivity contribution in [1.82, 2.24) is 20.2 Å². The van der Waals surface area contributed by atoms with Gasteiger partial charge >= 0.3 is 11.9 Å². The van der Waals surface area contributed by atoms with Gasteiger partial charge in [0.15, 0.2) is 0 Å². The molecule has 1 aromatic carbocycles. The maximum Gasteiger partial charge on any atom is 0.416 e. The van der Waals surface area contributed by atoms with E-state index in [0.29, 0.717) is 12.0 Å². The number of rotatable bonds is 2. The van der Waals surface area contributed by atoms with Gasteiger partial charge in [-0.25, -0.2) is 9.89 Å². The van der Waals surface area contributed by atoms with Crippen LogP contribution in [0.3, 0.4) is 0 Å². The molecule has 0 saturated carbocycles. The second kappa shape index (κ2) is 4.97. The van der Waals surface area contributed by atoms with Crippen molar-refractivity contribution in [3.8, 4) is 0 Å². The quantitative estimate of drug-likeness (QED) is 0.925. The molecular formula is C14H11F3N4O. The van der Waals surface area contributed by atoms with E-state index >= 15 is 0 Å². The van der Waals surface area contributed by atoms with Gasteiger partial charge in [-0.05, 0) is 34.5 Å². The summed E-state index contributed by atoms with van der Waals surface area (Å²) in [6, 6.07) is 4.70. The molecule has 1 unspecified atom stereocenters. The first-order valence-corrected chi connectivity index (χ1v) is 6.46. The highest BCUT2D eigenvalue weighted by Gasteiger charge is 2.36. The van der Waals surface area contributed by atoms with Crippen molar-refractivity contribution in [1.29, 1.82) is 0 Å². The van der Waals surface area contributed by atoms with E-state index in [2.05, 4.69) is 15.5 Å². The van der Waals surface area contributed by atoms with Crippen LogP contribution >= 0.6 is 0 Å². The summed E-state index contributed by atoms with van der Waals surface area (Å²) in [5, 5.41) is 9.42. The molecule has 0 amide bonds. The fourth-order valence-electron chi connectivity index (χ4n) is 2.51. The summed E-state index contributed by atoms with van der Waals surface area (Å²) < 4.78 is 39.2. The second-order valence-electron chi connectivity index (χ2n) is 4.91. The smallest absolute Gasteiger partial charge is 0.244 e. The number of nitrogens with zero attached hydrogens (tertiary/aromatic N) is 3. The van der Waals surface area contributed by atoms with E-state index in [1.165, 1.54) is 12.1 Å². The lowest BCUT2D eigenvalue weighted by Crippen LogP contribution is -2.41. The Morgan fingerprint density at radius 1 is 1.18 bits per heavy atom. The number of hydrogen-bond donors (Lipinski definition) is 1. The SMILES string of the molecule is O=c1[nH]nnn1C1(c2ccc(C(F)(F)F)cc2)C=CC=CC1. The first-order chi connectivity index (χ1) is 10.4. The van der Waals surface area contributed by atoms with Gasteiger partial charge in [0.1, 0.15) is 5.54 Å². The highest BCUT2D eigenvalue weighted by Crippen LogP contribution is 2.35. The van der Waals surface area contributed by atoms with Crippen LogP contribution in [0, 0.1) is 0 Å². The van der Waals surface area contributed by atoms with E-state index in [-0.39, 0.29) is 0 Å². The van der Waals surface area contributed by atoms with Crippen molar-refractivity contribution < 1.29 is 13.2 Å². The van der Waals surface area contributed by atoms with Gasteiger partial charge < -0.3 is 0 Å². The minimum atomic E-state index is -4.40. The molecule has 0 saturated heterocycles. The highest BCUT2D eigenvalue weighted by molar-refractivity contribution is 5.37. The first-order valence-electron chi connectivity index (χ1n) is 6.46. The Morgan fingerprint density at radius 2 is 1.91 bits per heavy atom. The Hall–Kier alpha value is -2.64. The number of aromatic amines is 1. The number of H-pyrrole nitrogens is 1. The molecule has 1 aromatic heterocycles. The molecule has 1 aliphatic carbocycles. The predicted molar refractivity (Wildman–Crippen MR) is 72.1 cm³/mol. The topological polar surface area (TPSA) is 63.6 Å². The van der Waals surface area contributed by atoms with E-state index < -0.39 is 23.0 Å². The number of allylic oxidation sites excluding steroid dienone is 4. The Labute approximate surface area is 122 Å². The Balaban J connectivity index is 2.12. The molecule has 114 valence electrons. The molecule has 0 bridgehead atoms. The van der Waals surface area contributed by atoms with Crippen LogP contribution in [0.15, 0.2) is 53.4 Å². The van der Waals surface area contributed by atoms with Crippen LogP contribution in [0.1, 0.15) is 17.5 Å². The minimum Gasteiger partial charge on any atom is -0.244 e. The molecule has 5 nitrogen and oxygen atoms in total. The van der Waals surface area contributed by atoms with Crippen molar-refractivity contribution in [3.05, 3.63) is 70.2 Å². The third-order valence-electron chi connectivity index (χ3n) is 3.61. The molecule has 0 aliphatic heterocycles. The fraction of sp³-hybridized carbons (Fsp3) is 0.214. The number of alkyl halides is 3. The van der Waals surface area contributed by atoms with Gasteiger partial charge in [0.2, 0.25) is 0 Å². The first kappa shape index (κ1) is 14.3. The molecule has 0 radical (unpaired) electrons. The lowest BCUT2D eigenvalue weighted by atomic mass is 9.83. The van der Waals surface area contributed by atoms with Crippen molar-refractivity contribution in [2.75, 3.05) is 0 Å². The van der Waals surface area contributed by atoms with E-state index in [4.69, 9.17) is 0 Å². The van der Waals surface area contributed by atoms with E-state index in [1.807, 2.05) is 6.08 Å². The molecule has 2 aromatic rings. The largest absolute Gasteiger partial charge is 0.416 e. The normalized spacial score (nSPS) is 21.2. The van der Waals surface area contributed by atoms with Crippen LogP contribution in [-0.2, 0) is 11.7 Å². The summed E-state index contributed by atoms with van der Waals surface area (Å²) in [7, 11) is 0. The van der Waals surface area contributed by atoms with Crippen LogP contribution in [0.5, 0.6) is 0 Å². The maximum atomic E-state index is 12.7. The van der Waals surface area contributed by atoms with Crippen molar-refractivity contribution in [2.45, 2.75) is 18.1 Å². The van der Waals surface area contributed by atoms with Gasteiger partial charge in [0, 0.05) is 0 Å². The van der Waals surface area contributed by atoms with Gasteiger partial charge in [-0.2, -0.15) is 17.9 Å². The number of nitrogens with one attached hydrogen (secondary N) is 1. The lowest BCUT2D eigenvalue weighted by molar-refractivity contribution is -0.137. The second-order valence-corrected chi connectivity index (χ2v) is 4.91. The lowest BCUT2D eigenvalue weighted by Gasteiger charge is -2.30. The fourth-order valence-corrected chi connectivity index (χ4v) is 2.51. The zero-order chi connectivity index (χ0) is 15.8.